The second-order valence-electron chi connectivity index (χ2n) is 12.3. The maximum Gasteiger partial charge on any atom is 0.150 e. The number of pyridine rings is 1. The van der Waals surface area contributed by atoms with E-state index in [9.17, 15) is 20.3 Å². The minimum atomic E-state index is -1.35. The molecule has 1 unspecified atom stereocenters. The molecule has 2 aliphatic rings. The Labute approximate surface area is 280 Å². The van der Waals surface area contributed by atoms with Gasteiger partial charge in [-0.3, -0.25) is 14.7 Å². The van der Waals surface area contributed by atoms with E-state index in [-0.39, 0.29) is 36.8 Å². The molecule has 0 amide bonds. The fourth-order valence-corrected chi connectivity index (χ4v) is 6.00. The molecule has 0 spiro atoms. The van der Waals surface area contributed by atoms with Crippen LogP contribution in [-0.2, 0) is 16.9 Å². The van der Waals surface area contributed by atoms with Crippen LogP contribution in [0, 0.1) is 28.5 Å². The zero-order chi connectivity index (χ0) is 33.3. The van der Waals surface area contributed by atoms with Crippen LogP contribution in [0.3, 0.4) is 0 Å². The zero-order valence-corrected chi connectivity index (χ0v) is 27.7. The number of benzene rings is 2. The van der Waals surface area contributed by atoms with Crippen LogP contribution in [0.4, 0.5) is 4.39 Å². The highest BCUT2D eigenvalue weighted by molar-refractivity contribution is 6.30. The third-order valence-corrected chi connectivity index (χ3v) is 9.34. The molecule has 2 aromatic carbocycles. The smallest absolute Gasteiger partial charge is 0.150 e. The summed E-state index contributed by atoms with van der Waals surface area (Å²) in [5.41, 5.74) is -0.779. The van der Waals surface area contributed by atoms with E-state index in [1.807, 2.05) is 30.3 Å². The number of hydrogen-bond acceptors (Lipinski definition) is 8. The Hall–Kier alpha value is -2.94. The number of rotatable bonds is 12. The number of carbonyl (C=O) groups is 1. The van der Waals surface area contributed by atoms with E-state index < -0.39 is 23.1 Å². The van der Waals surface area contributed by atoms with Gasteiger partial charge in [0, 0.05) is 35.4 Å². The van der Waals surface area contributed by atoms with Crippen LogP contribution in [-0.4, -0.2) is 71.2 Å². The number of β-amino-alcohol motifs (C(OH)–C–C–N with tert-alkyl or cyclic N) is 1. The summed E-state index contributed by atoms with van der Waals surface area (Å²) in [6.07, 6.45) is 3.94. The zero-order valence-electron chi connectivity index (χ0n) is 26.2. The molecule has 46 heavy (non-hydrogen) atoms. The van der Waals surface area contributed by atoms with Crippen LogP contribution < -0.4 is 0 Å². The van der Waals surface area contributed by atoms with Gasteiger partial charge < -0.3 is 19.8 Å². The summed E-state index contributed by atoms with van der Waals surface area (Å²) < 4.78 is 22.1. The summed E-state index contributed by atoms with van der Waals surface area (Å²) in [6, 6.07) is 18.1. The van der Waals surface area contributed by atoms with Gasteiger partial charge in [-0.05, 0) is 101 Å². The van der Waals surface area contributed by atoms with E-state index in [1.54, 1.807) is 37.1 Å². The summed E-state index contributed by atoms with van der Waals surface area (Å²) in [4.78, 5) is 20.5. The molecule has 3 aromatic rings. The van der Waals surface area contributed by atoms with Crippen molar-refractivity contribution < 1.29 is 24.1 Å². The Morgan fingerprint density at radius 3 is 2.41 bits per heavy atom. The first kappa shape index (κ1) is 35.9. The average Bonchev–Trinajstić information content (AvgIpc) is 3.84. The van der Waals surface area contributed by atoms with E-state index >= 15 is 4.39 Å². The monoisotopic (exact) mass is 670 g/mol. The van der Waals surface area contributed by atoms with Crippen molar-refractivity contribution >= 4 is 29.5 Å². The highest BCUT2D eigenvalue weighted by Gasteiger charge is 2.45. The molecule has 2 heterocycles. The summed E-state index contributed by atoms with van der Waals surface area (Å²) in [5.74, 6) is -0.788. The van der Waals surface area contributed by atoms with Gasteiger partial charge in [-0.1, -0.05) is 41.4 Å². The third kappa shape index (κ3) is 9.33. The van der Waals surface area contributed by atoms with E-state index in [0.717, 1.165) is 18.1 Å². The number of ether oxygens (including phenoxy) is 1. The first-order chi connectivity index (χ1) is 22.0. The molecule has 2 N–H and O–H groups in total. The van der Waals surface area contributed by atoms with Crippen LogP contribution in [0.1, 0.15) is 66.0 Å². The summed E-state index contributed by atoms with van der Waals surface area (Å²) in [7, 11) is 1.74. The number of nitrogens with zero attached hydrogens (tertiary/aromatic N) is 4. The van der Waals surface area contributed by atoms with Gasteiger partial charge in [-0.15, -0.1) is 0 Å². The van der Waals surface area contributed by atoms with Gasteiger partial charge in [0.1, 0.15) is 12.0 Å². The van der Waals surface area contributed by atoms with Gasteiger partial charge in [0.15, 0.2) is 6.29 Å². The molecule has 1 saturated carbocycles. The first-order valence-electron chi connectivity index (χ1n) is 15.4. The van der Waals surface area contributed by atoms with E-state index in [0.29, 0.717) is 54.8 Å². The lowest BCUT2D eigenvalue weighted by molar-refractivity contribution is -0.0682. The number of aromatic nitrogens is 1. The van der Waals surface area contributed by atoms with Crippen molar-refractivity contribution in [2.75, 3.05) is 39.9 Å². The van der Waals surface area contributed by atoms with Gasteiger partial charge in [0.05, 0.1) is 41.0 Å². The number of aliphatic hydroxyl groups excluding tert-OH is 1. The molecule has 5 rings (SSSR count). The van der Waals surface area contributed by atoms with Crippen LogP contribution in [0.2, 0.25) is 10.0 Å². The molecule has 1 aromatic heterocycles. The molecule has 1 aliphatic carbocycles. The van der Waals surface area contributed by atoms with Crippen molar-refractivity contribution in [3.8, 4) is 6.07 Å². The molecule has 2 fully saturated rings. The van der Waals surface area contributed by atoms with Crippen molar-refractivity contribution in [1.82, 2.24) is 14.8 Å². The summed E-state index contributed by atoms with van der Waals surface area (Å²) in [6.45, 7) is 4.17. The highest BCUT2D eigenvalue weighted by atomic mass is 35.5. The number of aliphatic hydroxyl groups is 2. The van der Waals surface area contributed by atoms with Gasteiger partial charge >= 0.3 is 0 Å². The standard InChI is InChI=1S/C29H36ClFN4O4.C6H5Cl/c1-28(38,21-5-9-35(10-6-21)11-12-36)22-13-20(17-37)26(25(31)14-22)27(39-19-29(18-32)7-8-29)34(2)16-24-4-3-23(30)15-33-24;7-6-4-2-1-3-5-6/h3-4,13-15,17,21,27,36,38H,5-12,16,19H2,1-2H3;1-5H/t27-,28?;/m1./s1. The molecule has 1 saturated heterocycles. The quantitative estimate of drug-likeness (QED) is 0.169. The molecule has 8 nitrogen and oxygen atoms in total. The average molecular weight is 672 g/mol. The largest absolute Gasteiger partial charge is 0.395 e. The summed E-state index contributed by atoms with van der Waals surface area (Å²) >= 11 is 11.5. The lowest BCUT2D eigenvalue weighted by atomic mass is 9.76. The lowest BCUT2D eigenvalue weighted by Crippen LogP contribution is -2.43. The van der Waals surface area contributed by atoms with Gasteiger partial charge in [0.2, 0.25) is 0 Å². The predicted octanol–water partition coefficient (Wildman–Crippen LogP) is 6.39. The summed E-state index contributed by atoms with van der Waals surface area (Å²) in [5, 5.41) is 31.6. The maximum absolute atomic E-state index is 16.0. The maximum atomic E-state index is 16.0. The SMILES string of the molecule is CN(Cc1ccc(Cl)cn1)[C@H](OCC1(C#N)CC1)c1c(F)cc(C(C)(O)C2CCN(CCO)CC2)cc1C=O.Clc1ccccc1. The first-order valence-corrected chi connectivity index (χ1v) is 16.2. The Morgan fingerprint density at radius 2 is 1.89 bits per heavy atom. The molecule has 0 radical (unpaired) electrons. The Kier molecular flexibility index (Phi) is 12.7. The Morgan fingerprint density at radius 1 is 1.20 bits per heavy atom. The van der Waals surface area contributed by atoms with Crippen LogP contribution in [0.15, 0.2) is 60.8 Å². The fourth-order valence-electron chi connectivity index (χ4n) is 5.75. The predicted molar refractivity (Wildman–Crippen MR) is 176 cm³/mol. The molecule has 246 valence electrons. The topological polar surface area (TPSA) is 110 Å². The number of halogens is 3. The lowest BCUT2D eigenvalue weighted by Gasteiger charge is -2.40. The van der Waals surface area contributed by atoms with Gasteiger partial charge in [0.25, 0.3) is 0 Å². The molecular weight excluding hydrogens is 630 g/mol. The van der Waals surface area contributed by atoms with Crippen LogP contribution in [0.5, 0.6) is 0 Å². The third-order valence-electron chi connectivity index (χ3n) is 8.86. The van der Waals surface area contributed by atoms with Gasteiger partial charge in [-0.2, -0.15) is 5.26 Å². The van der Waals surface area contributed by atoms with Crippen molar-refractivity contribution in [3.05, 3.63) is 99.0 Å². The van der Waals surface area contributed by atoms with E-state index in [4.69, 9.17) is 27.9 Å². The highest BCUT2D eigenvalue weighted by Crippen LogP contribution is 2.46. The number of aldehydes is 1. The van der Waals surface area contributed by atoms with Crippen LogP contribution >= 0.6 is 23.2 Å². The molecule has 1 aliphatic heterocycles. The van der Waals surface area contributed by atoms with Crippen LogP contribution in [0.25, 0.3) is 0 Å². The van der Waals surface area contributed by atoms with Crippen molar-refractivity contribution in [2.24, 2.45) is 11.3 Å². The Bertz CT molecular complexity index is 1470. The minimum Gasteiger partial charge on any atom is -0.395 e. The van der Waals surface area contributed by atoms with Gasteiger partial charge in [-0.25, -0.2) is 4.39 Å². The van der Waals surface area contributed by atoms with E-state index in [2.05, 4.69) is 16.0 Å². The Balaban J connectivity index is 0.000000606. The second-order valence-corrected chi connectivity index (χ2v) is 13.2. The van der Waals surface area contributed by atoms with Crippen molar-refractivity contribution in [1.29, 1.82) is 5.26 Å². The normalized spacial score (nSPS) is 18.2. The molecule has 11 heteroatoms. The fraction of sp³-hybridized carbons (Fsp3) is 0.457. The van der Waals surface area contributed by atoms with Crippen molar-refractivity contribution in [2.45, 2.75) is 51.0 Å². The number of carbonyl (C=O) groups excluding carboxylic acids is 1. The molecule has 2 atom stereocenters. The number of likely N-dealkylation sites (tertiary alicyclic amines) is 1. The van der Waals surface area contributed by atoms with Crippen molar-refractivity contribution in [3.63, 3.8) is 0 Å². The number of piperidine rings is 1. The molecular formula is C35H41Cl2FN4O4. The second kappa shape index (κ2) is 16.2. The molecule has 0 bridgehead atoms. The number of nitriles is 1. The number of hydrogen-bond donors (Lipinski definition) is 2. The minimum absolute atomic E-state index is 0.0625. The van der Waals surface area contributed by atoms with E-state index in [1.165, 1.54) is 12.3 Å².